The number of azide groups is 1. The predicted octanol–water partition coefficient (Wildman–Crippen LogP) is 1.46. The standard InChI is InChI=1S/C5H11N3O/c1-3-5(9)4(2)7-8-6/h4-5,9H,3H2,1-2H3. The summed E-state index contributed by atoms with van der Waals surface area (Å²) in [6.45, 7) is 3.53. The lowest BCUT2D eigenvalue weighted by molar-refractivity contribution is 0.147. The SMILES string of the molecule is CCC(O)C(C)N=[N+]=[N-]. The van der Waals surface area contributed by atoms with Gasteiger partial charge in [-0.1, -0.05) is 19.0 Å². The molecule has 2 atom stereocenters. The molecule has 0 aromatic rings. The van der Waals surface area contributed by atoms with E-state index in [0.29, 0.717) is 6.42 Å². The highest BCUT2D eigenvalue weighted by Crippen LogP contribution is 2.01. The van der Waals surface area contributed by atoms with Gasteiger partial charge in [0.15, 0.2) is 0 Å². The van der Waals surface area contributed by atoms with Gasteiger partial charge in [0.05, 0.1) is 12.1 Å². The summed E-state index contributed by atoms with van der Waals surface area (Å²) in [6, 6.07) is -0.306. The molecule has 0 aliphatic heterocycles. The van der Waals surface area contributed by atoms with E-state index in [1.165, 1.54) is 0 Å². The predicted molar refractivity (Wildman–Crippen MR) is 34.9 cm³/mol. The second-order valence-corrected chi connectivity index (χ2v) is 1.92. The van der Waals surface area contributed by atoms with Crippen LogP contribution in [0.4, 0.5) is 0 Å². The number of aliphatic hydroxyl groups excluding tert-OH is 1. The molecular formula is C5H11N3O. The van der Waals surface area contributed by atoms with E-state index < -0.39 is 6.10 Å². The molecule has 4 heteroatoms. The van der Waals surface area contributed by atoms with Crippen molar-refractivity contribution in [1.82, 2.24) is 0 Å². The van der Waals surface area contributed by atoms with E-state index in [0.717, 1.165) is 0 Å². The van der Waals surface area contributed by atoms with Gasteiger partial charge in [-0.2, -0.15) is 0 Å². The van der Waals surface area contributed by atoms with Crippen LogP contribution >= 0.6 is 0 Å². The summed E-state index contributed by atoms with van der Waals surface area (Å²) in [5.41, 5.74) is 7.93. The van der Waals surface area contributed by atoms with Gasteiger partial charge in [0.25, 0.3) is 0 Å². The highest BCUT2D eigenvalue weighted by molar-refractivity contribution is 4.68. The smallest absolute Gasteiger partial charge is 0.0619 e. The van der Waals surface area contributed by atoms with Crippen LogP contribution in [0, 0.1) is 0 Å². The Kier molecular flexibility index (Phi) is 3.84. The van der Waals surface area contributed by atoms with E-state index in [4.69, 9.17) is 10.6 Å². The third-order valence-corrected chi connectivity index (χ3v) is 1.21. The summed E-state index contributed by atoms with van der Waals surface area (Å²) in [7, 11) is 0. The molecule has 0 aromatic heterocycles. The first-order valence-electron chi connectivity index (χ1n) is 2.94. The summed E-state index contributed by atoms with van der Waals surface area (Å²) in [4.78, 5) is 2.57. The molecular weight excluding hydrogens is 118 g/mol. The topological polar surface area (TPSA) is 69.0 Å². The van der Waals surface area contributed by atoms with Crippen molar-refractivity contribution in [1.29, 1.82) is 0 Å². The first-order valence-corrected chi connectivity index (χ1v) is 2.94. The van der Waals surface area contributed by atoms with Crippen LogP contribution in [0.1, 0.15) is 20.3 Å². The lowest BCUT2D eigenvalue weighted by Gasteiger charge is -2.09. The quantitative estimate of drug-likeness (QED) is 0.349. The first-order chi connectivity index (χ1) is 4.22. The van der Waals surface area contributed by atoms with Crippen molar-refractivity contribution in [2.24, 2.45) is 5.11 Å². The summed E-state index contributed by atoms with van der Waals surface area (Å²) in [5.74, 6) is 0. The van der Waals surface area contributed by atoms with E-state index in [1.807, 2.05) is 6.92 Å². The van der Waals surface area contributed by atoms with Gasteiger partial charge >= 0.3 is 0 Å². The fourth-order valence-corrected chi connectivity index (χ4v) is 0.500. The Morgan fingerprint density at radius 1 is 1.78 bits per heavy atom. The van der Waals surface area contributed by atoms with Crippen LogP contribution < -0.4 is 0 Å². The highest BCUT2D eigenvalue weighted by atomic mass is 16.3. The number of rotatable bonds is 3. The molecule has 0 bridgehead atoms. The van der Waals surface area contributed by atoms with Gasteiger partial charge in [-0.05, 0) is 12.0 Å². The average Bonchev–Trinajstić information content (AvgIpc) is 1.87. The number of hydrogen-bond acceptors (Lipinski definition) is 2. The average molecular weight is 129 g/mol. The first kappa shape index (κ1) is 8.27. The van der Waals surface area contributed by atoms with Crippen molar-refractivity contribution < 1.29 is 5.11 Å². The van der Waals surface area contributed by atoms with Gasteiger partial charge in [0, 0.05) is 4.91 Å². The largest absolute Gasteiger partial charge is 0.393 e. The van der Waals surface area contributed by atoms with Crippen molar-refractivity contribution in [3.8, 4) is 0 Å². The lowest BCUT2D eigenvalue weighted by atomic mass is 10.1. The second kappa shape index (κ2) is 4.18. The Balaban J connectivity index is 3.71. The maximum Gasteiger partial charge on any atom is 0.0619 e. The molecule has 0 radical (unpaired) electrons. The molecule has 0 spiro atoms. The van der Waals surface area contributed by atoms with Crippen LogP contribution in [0.25, 0.3) is 10.4 Å². The minimum Gasteiger partial charge on any atom is -0.393 e. The zero-order chi connectivity index (χ0) is 7.28. The minimum absolute atomic E-state index is 0.306. The number of aliphatic hydroxyl groups is 1. The molecule has 1 N–H and O–H groups in total. The summed E-state index contributed by atoms with van der Waals surface area (Å²) >= 11 is 0. The van der Waals surface area contributed by atoms with Crippen LogP contribution in [-0.4, -0.2) is 17.3 Å². The van der Waals surface area contributed by atoms with Crippen LogP contribution in [0.5, 0.6) is 0 Å². The zero-order valence-electron chi connectivity index (χ0n) is 5.65. The van der Waals surface area contributed by atoms with E-state index in [9.17, 15) is 0 Å². The van der Waals surface area contributed by atoms with Gasteiger partial charge in [0.2, 0.25) is 0 Å². The van der Waals surface area contributed by atoms with Crippen molar-refractivity contribution in [3.05, 3.63) is 10.4 Å². The van der Waals surface area contributed by atoms with Crippen molar-refractivity contribution in [2.45, 2.75) is 32.4 Å². The third kappa shape index (κ3) is 2.95. The molecule has 52 valence electrons. The number of hydrogen-bond donors (Lipinski definition) is 1. The third-order valence-electron chi connectivity index (χ3n) is 1.21. The molecule has 0 heterocycles. The monoisotopic (exact) mass is 129 g/mol. The summed E-state index contributed by atoms with van der Waals surface area (Å²) in [6.07, 6.45) is 0.126. The highest BCUT2D eigenvalue weighted by Gasteiger charge is 2.07. The van der Waals surface area contributed by atoms with Crippen molar-refractivity contribution >= 4 is 0 Å². The summed E-state index contributed by atoms with van der Waals surface area (Å²) in [5, 5.41) is 12.3. The van der Waals surface area contributed by atoms with Crippen molar-refractivity contribution in [2.75, 3.05) is 0 Å². The second-order valence-electron chi connectivity index (χ2n) is 1.92. The lowest BCUT2D eigenvalue weighted by Crippen LogP contribution is -2.18. The molecule has 0 amide bonds. The maximum absolute atomic E-state index is 8.99. The van der Waals surface area contributed by atoms with Gasteiger partial charge in [-0.25, -0.2) is 0 Å². The van der Waals surface area contributed by atoms with Crippen LogP contribution in [0.2, 0.25) is 0 Å². The Bertz CT molecular complexity index is 119. The molecule has 0 saturated heterocycles. The van der Waals surface area contributed by atoms with Crippen LogP contribution in [0.15, 0.2) is 5.11 Å². The van der Waals surface area contributed by atoms with Crippen LogP contribution in [-0.2, 0) is 0 Å². The zero-order valence-corrected chi connectivity index (χ0v) is 5.65. The Morgan fingerprint density at radius 3 is 2.67 bits per heavy atom. The normalized spacial score (nSPS) is 15.9. The molecule has 0 rings (SSSR count). The summed E-state index contributed by atoms with van der Waals surface area (Å²) < 4.78 is 0. The van der Waals surface area contributed by atoms with E-state index in [2.05, 4.69) is 10.0 Å². The van der Waals surface area contributed by atoms with E-state index in [1.54, 1.807) is 6.92 Å². The van der Waals surface area contributed by atoms with Crippen LogP contribution in [0.3, 0.4) is 0 Å². The maximum atomic E-state index is 8.99. The fourth-order valence-electron chi connectivity index (χ4n) is 0.500. The Hall–Kier alpha value is -0.730. The van der Waals surface area contributed by atoms with Gasteiger partial charge in [-0.15, -0.1) is 0 Å². The molecule has 0 saturated carbocycles. The number of nitrogens with zero attached hydrogens (tertiary/aromatic N) is 3. The van der Waals surface area contributed by atoms with Gasteiger partial charge < -0.3 is 5.11 Å². The Morgan fingerprint density at radius 2 is 2.33 bits per heavy atom. The van der Waals surface area contributed by atoms with E-state index >= 15 is 0 Å². The molecule has 4 nitrogen and oxygen atoms in total. The molecule has 0 aliphatic carbocycles. The molecule has 0 fully saturated rings. The molecule has 0 aromatic carbocycles. The molecule has 9 heavy (non-hydrogen) atoms. The van der Waals surface area contributed by atoms with E-state index in [-0.39, 0.29) is 6.04 Å². The van der Waals surface area contributed by atoms with Crippen molar-refractivity contribution in [3.63, 3.8) is 0 Å². The molecule has 0 aliphatic rings. The Labute approximate surface area is 54.1 Å². The molecule has 2 unspecified atom stereocenters. The fraction of sp³-hybridized carbons (Fsp3) is 1.00. The van der Waals surface area contributed by atoms with Gasteiger partial charge in [-0.3, -0.25) is 0 Å². The van der Waals surface area contributed by atoms with Gasteiger partial charge in [0.1, 0.15) is 0 Å². The minimum atomic E-state index is -0.499.